The van der Waals surface area contributed by atoms with Crippen molar-refractivity contribution in [3.63, 3.8) is 0 Å². The fourth-order valence-corrected chi connectivity index (χ4v) is 1.56. The van der Waals surface area contributed by atoms with Crippen LogP contribution in [0.25, 0.3) is 0 Å². The topological polar surface area (TPSA) is 41.1 Å². The number of aryl methyl sites for hydroxylation is 2. The van der Waals surface area contributed by atoms with Crippen LogP contribution in [0.15, 0.2) is 18.2 Å². The molecule has 2 N–H and O–H groups in total. The summed E-state index contributed by atoms with van der Waals surface area (Å²) < 4.78 is 0. The molecular weight excluding hydrogens is 212 g/mol. The van der Waals surface area contributed by atoms with Crippen LogP contribution in [0.5, 0.6) is 0 Å². The van der Waals surface area contributed by atoms with Crippen molar-refractivity contribution in [3.05, 3.63) is 29.3 Å². The molecule has 0 atom stereocenters. The highest BCUT2D eigenvalue weighted by Crippen LogP contribution is 2.15. The van der Waals surface area contributed by atoms with Gasteiger partial charge >= 0.3 is 0 Å². The molecular formula is C14H22N2O. The lowest BCUT2D eigenvalue weighted by Gasteiger charge is -2.21. The number of hydrogen-bond donors (Lipinski definition) is 2. The van der Waals surface area contributed by atoms with Crippen molar-refractivity contribution < 1.29 is 4.79 Å². The molecule has 0 bridgehead atoms. The Morgan fingerprint density at radius 3 is 2.47 bits per heavy atom. The van der Waals surface area contributed by atoms with Gasteiger partial charge in [-0.2, -0.15) is 0 Å². The van der Waals surface area contributed by atoms with Crippen LogP contribution in [0.4, 0.5) is 5.69 Å². The van der Waals surface area contributed by atoms with Gasteiger partial charge in [0.15, 0.2) is 0 Å². The number of nitrogens with one attached hydrogen (secondary N) is 2. The van der Waals surface area contributed by atoms with Gasteiger partial charge in [0.2, 0.25) is 5.91 Å². The van der Waals surface area contributed by atoms with Gasteiger partial charge in [0, 0.05) is 11.2 Å². The van der Waals surface area contributed by atoms with Crippen LogP contribution < -0.4 is 10.6 Å². The summed E-state index contributed by atoms with van der Waals surface area (Å²) >= 11 is 0. The standard InChI is InChI=1S/C14H22N2O/c1-10-6-7-11(2)12(8-10)15-9-13(17)16-14(3,4)5/h6-8,15H,9H2,1-5H3,(H,16,17). The Morgan fingerprint density at radius 1 is 1.24 bits per heavy atom. The smallest absolute Gasteiger partial charge is 0.239 e. The molecule has 0 saturated carbocycles. The van der Waals surface area contributed by atoms with Crippen molar-refractivity contribution in [1.29, 1.82) is 0 Å². The van der Waals surface area contributed by atoms with Crippen molar-refractivity contribution in [2.45, 2.75) is 40.2 Å². The van der Waals surface area contributed by atoms with Gasteiger partial charge in [-0.05, 0) is 51.8 Å². The molecule has 1 aromatic carbocycles. The Morgan fingerprint density at radius 2 is 1.88 bits per heavy atom. The Balaban J connectivity index is 2.56. The van der Waals surface area contributed by atoms with Crippen molar-refractivity contribution in [2.75, 3.05) is 11.9 Å². The van der Waals surface area contributed by atoms with Crippen LogP contribution in [0, 0.1) is 13.8 Å². The van der Waals surface area contributed by atoms with E-state index < -0.39 is 0 Å². The molecule has 0 heterocycles. The summed E-state index contributed by atoms with van der Waals surface area (Å²) in [6.45, 7) is 10.3. The number of carbonyl (C=O) groups excluding carboxylic acids is 1. The second kappa shape index (κ2) is 5.21. The number of anilines is 1. The normalized spacial score (nSPS) is 11.1. The summed E-state index contributed by atoms with van der Waals surface area (Å²) in [5, 5.41) is 6.09. The van der Waals surface area contributed by atoms with E-state index in [1.54, 1.807) is 0 Å². The molecule has 0 radical (unpaired) electrons. The van der Waals surface area contributed by atoms with Gasteiger partial charge in [-0.1, -0.05) is 12.1 Å². The molecule has 94 valence electrons. The molecule has 1 amide bonds. The van der Waals surface area contributed by atoms with Gasteiger partial charge in [0.25, 0.3) is 0 Å². The van der Waals surface area contributed by atoms with Crippen LogP contribution in [-0.4, -0.2) is 18.0 Å². The largest absolute Gasteiger partial charge is 0.376 e. The zero-order valence-electron chi connectivity index (χ0n) is 11.3. The molecule has 3 nitrogen and oxygen atoms in total. The lowest BCUT2D eigenvalue weighted by Crippen LogP contribution is -2.43. The number of rotatable bonds is 3. The summed E-state index contributed by atoms with van der Waals surface area (Å²) in [5.41, 5.74) is 3.18. The van der Waals surface area contributed by atoms with E-state index in [-0.39, 0.29) is 11.4 Å². The Hall–Kier alpha value is -1.51. The minimum Gasteiger partial charge on any atom is -0.376 e. The molecule has 0 aromatic heterocycles. The fraction of sp³-hybridized carbons (Fsp3) is 0.500. The molecule has 0 aliphatic carbocycles. The van der Waals surface area contributed by atoms with E-state index in [9.17, 15) is 4.79 Å². The van der Waals surface area contributed by atoms with Crippen LogP contribution >= 0.6 is 0 Å². The van der Waals surface area contributed by atoms with Crippen LogP contribution in [0.2, 0.25) is 0 Å². The molecule has 1 aromatic rings. The van der Waals surface area contributed by atoms with E-state index in [2.05, 4.69) is 28.8 Å². The van der Waals surface area contributed by atoms with E-state index in [0.717, 1.165) is 11.3 Å². The van der Waals surface area contributed by atoms with Crippen LogP contribution in [-0.2, 0) is 4.79 Å². The maximum Gasteiger partial charge on any atom is 0.239 e. The van der Waals surface area contributed by atoms with E-state index in [1.807, 2.05) is 34.6 Å². The first kappa shape index (κ1) is 13.6. The highest BCUT2D eigenvalue weighted by Gasteiger charge is 2.13. The molecule has 0 spiro atoms. The fourth-order valence-electron chi connectivity index (χ4n) is 1.56. The van der Waals surface area contributed by atoms with Gasteiger partial charge in [-0.15, -0.1) is 0 Å². The van der Waals surface area contributed by atoms with Gasteiger partial charge in [-0.25, -0.2) is 0 Å². The maximum atomic E-state index is 11.7. The zero-order chi connectivity index (χ0) is 13.1. The molecule has 0 unspecified atom stereocenters. The highest BCUT2D eigenvalue weighted by molar-refractivity contribution is 5.81. The number of amides is 1. The van der Waals surface area contributed by atoms with E-state index in [4.69, 9.17) is 0 Å². The number of carbonyl (C=O) groups is 1. The summed E-state index contributed by atoms with van der Waals surface area (Å²) in [7, 11) is 0. The quantitative estimate of drug-likeness (QED) is 0.844. The lowest BCUT2D eigenvalue weighted by atomic mass is 10.1. The molecule has 0 fully saturated rings. The van der Waals surface area contributed by atoms with E-state index in [1.165, 1.54) is 5.56 Å². The van der Waals surface area contributed by atoms with Crippen molar-refractivity contribution in [2.24, 2.45) is 0 Å². The molecule has 0 aliphatic rings. The van der Waals surface area contributed by atoms with Gasteiger partial charge in [-0.3, -0.25) is 4.79 Å². The second-order valence-electron chi connectivity index (χ2n) is 5.47. The van der Waals surface area contributed by atoms with E-state index >= 15 is 0 Å². The first-order valence-corrected chi connectivity index (χ1v) is 5.90. The Labute approximate surface area is 104 Å². The van der Waals surface area contributed by atoms with Gasteiger partial charge in [0.1, 0.15) is 0 Å². The summed E-state index contributed by atoms with van der Waals surface area (Å²) in [6.07, 6.45) is 0. The Bertz CT molecular complexity index is 405. The average Bonchev–Trinajstić information content (AvgIpc) is 2.17. The number of hydrogen-bond acceptors (Lipinski definition) is 2. The highest BCUT2D eigenvalue weighted by atomic mass is 16.2. The van der Waals surface area contributed by atoms with Crippen molar-refractivity contribution >= 4 is 11.6 Å². The summed E-state index contributed by atoms with van der Waals surface area (Å²) in [4.78, 5) is 11.7. The Kier molecular flexibility index (Phi) is 4.16. The monoisotopic (exact) mass is 234 g/mol. The number of benzene rings is 1. The first-order chi connectivity index (χ1) is 7.78. The van der Waals surface area contributed by atoms with Crippen molar-refractivity contribution in [1.82, 2.24) is 5.32 Å². The van der Waals surface area contributed by atoms with Crippen molar-refractivity contribution in [3.8, 4) is 0 Å². The van der Waals surface area contributed by atoms with Gasteiger partial charge < -0.3 is 10.6 Å². The third-order valence-corrected chi connectivity index (χ3v) is 2.35. The minimum atomic E-state index is -0.180. The second-order valence-corrected chi connectivity index (χ2v) is 5.47. The predicted molar refractivity (Wildman–Crippen MR) is 72.3 cm³/mol. The molecule has 1 rings (SSSR count). The zero-order valence-corrected chi connectivity index (χ0v) is 11.3. The molecule has 0 saturated heterocycles. The minimum absolute atomic E-state index is 0.0124. The lowest BCUT2D eigenvalue weighted by molar-refractivity contribution is -0.120. The molecule has 0 aliphatic heterocycles. The molecule has 3 heteroatoms. The van der Waals surface area contributed by atoms with E-state index in [0.29, 0.717) is 6.54 Å². The summed E-state index contributed by atoms with van der Waals surface area (Å²) in [5.74, 6) is 0.0124. The SMILES string of the molecule is Cc1ccc(C)c(NCC(=O)NC(C)(C)C)c1. The average molecular weight is 234 g/mol. The molecule has 17 heavy (non-hydrogen) atoms. The van der Waals surface area contributed by atoms with Gasteiger partial charge in [0.05, 0.1) is 6.54 Å². The summed E-state index contributed by atoms with van der Waals surface area (Å²) in [6, 6.07) is 6.18. The predicted octanol–water partition coefficient (Wildman–Crippen LogP) is 2.63. The van der Waals surface area contributed by atoms with Crippen LogP contribution in [0.1, 0.15) is 31.9 Å². The van der Waals surface area contributed by atoms with Crippen LogP contribution in [0.3, 0.4) is 0 Å². The third-order valence-electron chi connectivity index (χ3n) is 2.35. The third kappa shape index (κ3) is 4.89. The maximum absolute atomic E-state index is 11.7. The first-order valence-electron chi connectivity index (χ1n) is 5.90.